The van der Waals surface area contributed by atoms with Crippen molar-refractivity contribution in [3.63, 3.8) is 0 Å². The minimum absolute atomic E-state index is 0.534. The molecule has 2 aromatic rings. The number of benzene rings is 2. The van der Waals surface area contributed by atoms with Gasteiger partial charge in [-0.1, -0.05) is 17.7 Å². The van der Waals surface area contributed by atoms with Gasteiger partial charge in [0.1, 0.15) is 11.5 Å². The summed E-state index contributed by atoms with van der Waals surface area (Å²) < 4.78 is 10.7. The molecule has 19 heavy (non-hydrogen) atoms. The van der Waals surface area contributed by atoms with E-state index in [2.05, 4.69) is 0 Å². The first-order valence-electron chi connectivity index (χ1n) is 5.67. The predicted molar refractivity (Wildman–Crippen MR) is 75.4 cm³/mol. The molecule has 0 heterocycles. The average Bonchev–Trinajstić information content (AvgIpc) is 2.46. The predicted octanol–water partition coefficient (Wildman–Crippen LogP) is 3.84. The number of rotatable bonds is 4. The van der Waals surface area contributed by atoms with Crippen LogP contribution in [0.1, 0.15) is 10.4 Å². The van der Waals surface area contributed by atoms with Crippen LogP contribution in [0.3, 0.4) is 0 Å². The third-order valence-corrected chi connectivity index (χ3v) is 3.07. The molecule has 2 aromatic carbocycles. The monoisotopic (exact) mass is 276 g/mol. The van der Waals surface area contributed by atoms with Crippen molar-refractivity contribution in [2.75, 3.05) is 14.2 Å². The van der Waals surface area contributed by atoms with Crippen LogP contribution in [0.25, 0.3) is 11.1 Å². The van der Waals surface area contributed by atoms with Crippen molar-refractivity contribution >= 4 is 17.9 Å². The smallest absolute Gasteiger partial charge is 0.150 e. The van der Waals surface area contributed by atoms with E-state index in [-0.39, 0.29) is 0 Å². The zero-order chi connectivity index (χ0) is 13.8. The van der Waals surface area contributed by atoms with Crippen molar-refractivity contribution in [3.05, 3.63) is 47.0 Å². The lowest BCUT2D eigenvalue weighted by atomic mass is 9.98. The Morgan fingerprint density at radius 3 is 2.21 bits per heavy atom. The molecule has 0 atom stereocenters. The third kappa shape index (κ3) is 2.56. The van der Waals surface area contributed by atoms with Crippen molar-refractivity contribution in [1.82, 2.24) is 0 Å². The molecule has 4 heteroatoms. The number of carbonyl (C=O) groups is 1. The van der Waals surface area contributed by atoms with Gasteiger partial charge in [0.05, 0.1) is 19.8 Å². The lowest BCUT2D eigenvalue weighted by Gasteiger charge is -2.14. The van der Waals surface area contributed by atoms with E-state index in [9.17, 15) is 4.79 Å². The molecule has 0 aliphatic rings. The maximum atomic E-state index is 11.2. The second kappa shape index (κ2) is 5.76. The summed E-state index contributed by atoms with van der Waals surface area (Å²) in [5, 5.41) is 0.550. The maximum Gasteiger partial charge on any atom is 0.150 e. The average molecular weight is 277 g/mol. The van der Waals surface area contributed by atoms with Crippen LogP contribution in [0.5, 0.6) is 11.5 Å². The number of ether oxygens (including phenoxy) is 2. The van der Waals surface area contributed by atoms with Gasteiger partial charge < -0.3 is 9.47 Å². The van der Waals surface area contributed by atoms with Crippen molar-refractivity contribution in [2.45, 2.75) is 0 Å². The highest BCUT2D eigenvalue weighted by atomic mass is 35.5. The summed E-state index contributed by atoms with van der Waals surface area (Å²) in [6.45, 7) is 0. The van der Waals surface area contributed by atoms with Crippen molar-refractivity contribution in [2.24, 2.45) is 0 Å². The van der Waals surface area contributed by atoms with Crippen molar-refractivity contribution in [3.8, 4) is 22.6 Å². The molecule has 0 saturated carbocycles. The van der Waals surface area contributed by atoms with E-state index in [1.54, 1.807) is 32.4 Å². The van der Waals surface area contributed by atoms with Crippen molar-refractivity contribution < 1.29 is 14.3 Å². The molecule has 0 amide bonds. The SMILES string of the molecule is COc1cccc(OC)c1-c1cc(Cl)ccc1C=O. The largest absolute Gasteiger partial charge is 0.496 e. The highest BCUT2D eigenvalue weighted by Crippen LogP contribution is 2.40. The molecule has 0 fully saturated rings. The minimum atomic E-state index is 0.534. The molecule has 98 valence electrons. The molecule has 0 bridgehead atoms. The van der Waals surface area contributed by atoms with Gasteiger partial charge in [0, 0.05) is 16.1 Å². The Balaban J connectivity index is 2.76. The van der Waals surface area contributed by atoms with Gasteiger partial charge in [0.2, 0.25) is 0 Å². The molecule has 0 aliphatic heterocycles. The maximum absolute atomic E-state index is 11.2. The highest BCUT2D eigenvalue weighted by molar-refractivity contribution is 6.31. The van der Waals surface area contributed by atoms with Gasteiger partial charge in [-0.2, -0.15) is 0 Å². The summed E-state index contributed by atoms with van der Waals surface area (Å²) in [5.41, 5.74) is 1.95. The molecule has 0 aromatic heterocycles. The van der Waals surface area contributed by atoms with Crippen LogP contribution in [0.2, 0.25) is 5.02 Å². The van der Waals surface area contributed by atoms with Gasteiger partial charge in [-0.05, 0) is 30.3 Å². The molecule has 2 rings (SSSR count). The molecule has 0 N–H and O–H groups in total. The van der Waals surface area contributed by atoms with E-state index in [1.165, 1.54) is 0 Å². The Bertz CT molecular complexity index is 586. The third-order valence-electron chi connectivity index (χ3n) is 2.84. The Hall–Kier alpha value is -2.00. The second-order valence-corrected chi connectivity index (χ2v) is 4.32. The molecule has 0 unspecified atom stereocenters. The number of hydrogen-bond acceptors (Lipinski definition) is 3. The van der Waals surface area contributed by atoms with E-state index in [4.69, 9.17) is 21.1 Å². The van der Waals surface area contributed by atoms with Gasteiger partial charge in [-0.25, -0.2) is 0 Å². The molecular formula is C15H13ClO3. The van der Waals surface area contributed by atoms with E-state index in [1.807, 2.05) is 18.2 Å². The van der Waals surface area contributed by atoms with E-state index in [0.29, 0.717) is 27.6 Å². The summed E-state index contributed by atoms with van der Waals surface area (Å²) in [7, 11) is 3.15. The van der Waals surface area contributed by atoms with Gasteiger partial charge >= 0.3 is 0 Å². The molecule has 3 nitrogen and oxygen atoms in total. The summed E-state index contributed by atoms with van der Waals surface area (Å²) in [6, 6.07) is 10.5. The van der Waals surface area contributed by atoms with Crippen LogP contribution in [0.4, 0.5) is 0 Å². The number of carbonyl (C=O) groups excluding carboxylic acids is 1. The number of methoxy groups -OCH3 is 2. The molecule has 0 radical (unpaired) electrons. The number of halogens is 1. The lowest BCUT2D eigenvalue weighted by Crippen LogP contribution is -1.95. The normalized spacial score (nSPS) is 10.1. The molecular weight excluding hydrogens is 264 g/mol. The fraction of sp³-hybridized carbons (Fsp3) is 0.133. The van der Waals surface area contributed by atoms with Gasteiger partial charge in [0.25, 0.3) is 0 Å². The quantitative estimate of drug-likeness (QED) is 0.796. The number of hydrogen-bond donors (Lipinski definition) is 0. The molecule has 0 aliphatic carbocycles. The Morgan fingerprint density at radius 1 is 1.05 bits per heavy atom. The highest BCUT2D eigenvalue weighted by Gasteiger charge is 2.15. The summed E-state index contributed by atoms with van der Waals surface area (Å²) in [5.74, 6) is 1.26. The first-order chi connectivity index (χ1) is 9.21. The Kier molecular flexibility index (Phi) is 4.07. The van der Waals surface area contributed by atoms with E-state index >= 15 is 0 Å². The lowest BCUT2D eigenvalue weighted by molar-refractivity contribution is 0.112. The summed E-state index contributed by atoms with van der Waals surface area (Å²) in [4.78, 5) is 11.2. The fourth-order valence-corrected chi connectivity index (χ4v) is 2.14. The molecule has 0 spiro atoms. The Morgan fingerprint density at radius 2 is 1.68 bits per heavy atom. The van der Waals surface area contributed by atoms with E-state index < -0.39 is 0 Å². The second-order valence-electron chi connectivity index (χ2n) is 3.89. The minimum Gasteiger partial charge on any atom is -0.496 e. The van der Waals surface area contributed by atoms with Crippen LogP contribution in [-0.2, 0) is 0 Å². The Labute approximate surface area is 116 Å². The zero-order valence-corrected chi connectivity index (χ0v) is 11.4. The van der Waals surface area contributed by atoms with Crippen LogP contribution in [-0.4, -0.2) is 20.5 Å². The first-order valence-corrected chi connectivity index (χ1v) is 6.05. The van der Waals surface area contributed by atoms with E-state index in [0.717, 1.165) is 11.8 Å². The van der Waals surface area contributed by atoms with Crippen LogP contribution in [0, 0.1) is 0 Å². The summed E-state index contributed by atoms with van der Waals surface area (Å²) >= 11 is 6.02. The van der Waals surface area contributed by atoms with Gasteiger partial charge in [-0.15, -0.1) is 0 Å². The van der Waals surface area contributed by atoms with Crippen LogP contribution < -0.4 is 9.47 Å². The standard InChI is InChI=1S/C15H13ClO3/c1-18-13-4-3-5-14(19-2)15(13)12-8-11(16)7-6-10(12)9-17/h3-9H,1-2H3. The zero-order valence-electron chi connectivity index (χ0n) is 10.6. The number of aldehydes is 1. The first kappa shape index (κ1) is 13.4. The van der Waals surface area contributed by atoms with Crippen molar-refractivity contribution in [1.29, 1.82) is 0 Å². The van der Waals surface area contributed by atoms with Crippen LogP contribution in [0.15, 0.2) is 36.4 Å². The fourth-order valence-electron chi connectivity index (χ4n) is 1.96. The summed E-state index contributed by atoms with van der Waals surface area (Å²) in [6.07, 6.45) is 0.789. The molecule has 0 saturated heterocycles. The van der Waals surface area contributed by atoms with Crippen LogP contribution >= 0.6 is 11.6 Å². The van der Waals surface area contributed by atoms with Gasteiger partial charge in [0.15, 0.2) is 6.29 Å². The topological polar surface area (TPSA) is 35.5 Å². The van der Waals surface area contributed by atoms with Gasteiger partial charge in [-0.3, -0.25) is 4.79 Å².